The lowest BCUT2D eigenvalue weighted by molar-refractivity contribution is -0.143. The SMILES string of the molecule is COc1ccccc1S(=O)(=O)N[C@H]1CC[C@H](CC(=O)N2CCOCC2)O[C@H]1CO. The highest BCUT2D eigenvalue weighted by atomic mass is 32.2. The van der Waals surface area contributed by atoms with Crippen LogP contribution in [0.3, 0.4) is 0 Å². The number of nitrogens with zero attached hydrogens (tertiary/aromatic N) is 1. The van der Waals surface area contributed by atoms with Crippen molar-refractivity contribution < 1.29 is 32.5 Å². The quantitative estimate of drug-likeness (QED) is 0.634. The van der Waals surface area contributed by atoms with Gasteiger partial charge in [0.2, 0.25) is 15.9 Å². The van der Waals surface area contributed by atoms with Crippen LogP contribution in [-0.2, 0) is 24.3 Å². The third-order valence-corrected chi connectivity index (χ3v) is 6.76. The highest BCUT2D eigenvalue weighted by Crippen LogP contribution is 2.27. The first-order valence-electron chi connectivity index (χ1n) is 9.72. The third-order valence-electron chi connectivity index (χ3n) is 5.23. The summed E-state index contributed by atoms with van der Waals surface area (Å²) in [5, 5.41) is 9.73. The van der Waals surface area contributed by atoms with Gasteiger partial charge in [-0.15, -0.1) is 0 Å². The summed E-state index contributed by atoms with van der Waals surface area (Å²) < 4.78 is 44.5. The number of benzene rings is 1. The van der Waals surface area contributed by atoms with E-state index in [4.69, 9.17) is 14.2 Å². The van der Waals surface area contributed by atoms with Crippen molar-refractivity contribution >= 4 is 15.9 Å². The van der Waals surface area contributed by atoms with Crippen molar-refractivity contribution in [2.45, 2.75) is 42.4 Å². The minimum atomic E-state index is -3.86. The summed E-state index contributed by atoms with van der Waals surface area (Å²) >= 11 is 0. The number of rotatable bonds is 7. The van der Waals surface area contributed by atoms with E-state index < -0.39 is 22.2 Å². The minimum absolute atomic E-state index is 0.0111. The second-order valence-corrected chi connectivity index (χ2v) is 8.81. The Kier molecular flexibility index (Phi) is 7.47. The van der Waals surface area contributed by atoms with Gasteiger partial charge < -0.3 is 24.2 Å². The molecule has 9 nitrogen and oxygen atoms in total. The number of hydrogen-bond donors (Lipinski definition) is 2. The van der Waals surface area contributed by atoms with Crippen LogP contribution in [0.2, 0.25) is 0 Å². The summed E-state index contributed by atoms with van der Waals surface area (Å²) in [5.74, 6) is 0.231. The van der Waals surface area contributed by atoms with Gasteiger partial charge in [0, 0.05) is 13.1 Å². The summed E-state index contributed by atoms with van der Waals surface area (Å²) in [5.41, 5.74) is 0. The Morgan fingerprint density at radius 2 is 2.00 bits per heavy atom. The van der Waals surface area contributed by atoms with Crippen LogP contribution >= 0.6 is 0 Å². The molecule has 2 aliphatic rings. The van der Waals surface area contributed by atoms with Gasteiger partial charge in [-0.25, -0.2) is 13.1 Å². The molecule has 10 heteroatoms. The number of nitrogens with one attached hydrogen (secondary N) is 1. The molecule has 1 aromatic carbocycles. The Hall–Kier alpha value is -1.72. The van der Waals surface area contributed by atoms with Crippen molar-refractivity contribution in [3.05, 3.63) is 24.3 Å². The molecule has 2 heterocycles. The van der Waals surface area contributed by atoms with Crippen LogP contribution in [0.1, 0.15) is 19.3 Å². The number of hydrogen-bond acceptors (Lipinski definition) is 7. The maximum Gasteiger partial charge on any atom is 0.244 e. The lowest BCUT2D eigenvalue weighted by Gasteiger charge is -2.36. The summed E-state index contributed by atoms with van der Waals surface area (Å²) in [6, 6.07) is 5.75. The zero-order chi connectivity index (χ0) is 20.9. The number of aliphatic hydroxyl groups excluding tert-OH is 1. The highest BCUT2D eigenvalue weighted by molar-refractivity contribution is 7.89. The van der Waals surface area contributed by atoms with Gasteiger partial charge in [0.05, 0.1) is 51.6 Å². The van der Waals surface area contributed by atoms with Gasteiger partial charge in [-0.2, -0.15) is 0 Å². The molecule has 0 aromatic heterocycles. The van der Waals surface area contributed by atoms with Crippen LogP contribution in [0.25, 0.3) is 0 Å². The second kappa shape index (κ2) is 9.86. The predicted molar refractivity (Wildman–Crippen MR) is 104 cm³/mol. The highest BCUT2D eigenvalue weighted by Gasteiger charge is 2.36. The van der Waals surface area contributed by atoms with Crippen molar-refractivity contribution in [1.29, 1.82) is 0 Å². The Balaban J connectivity index is 1.61. The number of ether oxygens (including phenoxy) is 3. The fourth-order valence-corrected chi connectivity index (χ4v) is 5.13. The van der Waals surface area contributed by atoms with E-state index in [0.29, 0.717) is 39.1 Å². The van der Waals surface area contributed by atoms with E-state index in [-0.39, 0.29) is 35.7 Å². The van der Waals surface area contributed by atoms with E-state index in [0.717, 1.165) is 0 Å². The van der Waals surface area contributed by atoms with Crippen molar-refractivity contribution in [2.24, 2.45) is 0 Å². The van der Waals surface area contributed by atoms with Gasteiger partial charge in [0.15, 0.2) is 0 Å². The summed E-state index contributed by atoms with van der Waals surface area (Å²) in [6.07, 6.45) is 0.111. The maximum atomic E-state index is 12.8. The molecule has 2 aliphatic heterocycles. The molecule has 3 atom stereocenters. The van der Waals surface area contributed by atoms with Gasteiger partial charge in [-0.3, -0.25) is 4.79 Å². The molecule has 0 bridgehead atoms. The summed E-state index contributed by atoms with van der Waals surface area (Å²) in [4.78, 5) is 14.2. The molecule has 3 rings (SSSR count). The van der Waals surface area contributed by atoms with Gasteiger partial charge in [-0.05, 0) is 25.0 Å². The lowest BCUT2D eigenvalue weighted by Crippen LogP contribution is -2.51. The zero-order valence-electron chi connectivity index (χ0n) is 16.5. The lowest BCUT2D eigenvalue weighted by atomic mass is 9.97. The summed E-state index contributed by atoms with van der Waals surface area (Å²) in [7, 11) is -2.45. The molecule has 0 radical (unpaired) electrons. The molecule has 0 saturated carbocycles. The number of carbonyl (C=O) groups excluding carboxylic acids is 1. The van der Waals surface area contributed by atoms with Crippen molar-refractivity contribution in [1.82, 2.24) is 9.62 Å². The zero-order valence-corrected chi connectivity index (χ0v) is 17.3. The average Bonchev–Trinajstić information content (AvgIpc) is 2.75. The standard InChI is InChI=1S/C19H28N2O7S/c1-26-16-4-2-3-5-18(16)29(24,25)20-15-7-6-14(28-17(15)13-22)12-19(23)21-8-10-27-11-9-21/h2-5,14-15,17,20,22H,6-13H2,1H3/t14-,15+,17+/m1/s1. The molecular formula is C19H28N2O7S. The van der Waals surface area contributed by atoms with Crippen LogP contribution in [-0.4, -0.2) is 82.6 Å². The fraction of sp³-hybridized carbons (Fsp3) is 0.632. The van der Waals surface area contributed by atoms with Crippen molar-refractivity contribution in [3.8, 4) is 5.75 Å². The maximum absolute atomic E-state index is 12.8. The second-order valence-electron chi connectivity index (χ2n) is 7.13. The molecule has 162 valence electrons. The Labute approximate surface area is 171 Å². The van der Waals surface area contributed by atoms with E-state index in [2.05, 4.69) is 4.72 Å². The number of aliphatic hydroxyl groups is 1. The van der Waals surface area contributed by atoms with E-state index in [9.17, 15) is 18.3 Å². The average molecular weight is 429 g/mol. The third kappa shape index (κ3) is 5.46. The molecule has 0 unspecified atom stereocenters. The van der Waals surface area contributed by atoms with E-state index in [1.54, 1.807) is 23.1 Å². The van der Waals surface area contributed by atoms with Crippen LogP contribution < -0.4 is 9.46 Å². The first kappa shape index (κ1) is 22.0. The normalized spacial score (nSPS) is 25.6. The van der Waals surface area contributed by atoms with E-state index >= 15 is 0 Å². The topological polar surface area (TPSA) is 114 Å². The number of carbonyl (C=O) groups is 1. The van der Waals surface area contributed by atoms with Crippen LogP contribution in [0, 0.1) is 0 Å². The van der Waals surface area contributed by atoms with Gasteiger partial charge in [0.25, 0.3) is 0 Å². The van der Waals surface area contributed by atoms with Crippen molar-refractivity contribution in [3.63, 3.8) is 0 Å². The number of para-hydroxylation sites is 1. The van der Waals surface area contributed by atoms with E-state index in [1.165, 1.54) is 13.2 Å². The molecule has 2 saturated heterocycles. The van der Waals surface area contributed by atoms with Crippen LogP contribution in [0.15, 0.2) is 29.2 Å². The Bertz CT molecular complexity index is 796. The van der Waals surface area contributed by atoms with Gasteiger partial charge in [-0.1, -0.05) is 12.1 Å². The van der Waals surface area contributed by atoms with Crippen LogP contribution in [0.4, 0.5) is 0 Å². The molecule has 2 fully saturated rings. The molecule has 1 amide bonds. The Morgan fingerprint density at radius 3 is 2.69 bits per heavy atom. The monoisotopic (exact) mass is 428 g/mol. The smallest absolute Gasteiger partial charge is 0.244 e. The number of methoxy groups -OCH3 is 1. The van der Waals surface area contributed by atoms with Crippen molar-refractivity contribution in [2.75, 3.05) is 40.0 Å². The number of morpholine rings is 1. The largest absolute Gasteiger partial charge is 0.495 e. The first-order valence-corrected chi connectivity index (χ1v) is 11.2. The molecule has 2 N–H and O–H groups in total. The van der Waals surface area contributed by atoms with E-state index in [1.807, 2.05) is 0 Å². The fourth-order valence-electron chi connectivity index (χ4n) is 3.66. The van der Waals surface area contributed by atoms with Gasteiger partial charge in [0.1, 0.15) is 10.6 Å². The number of sulfonamides is 1. The minimum Gasteiger partial charge on any atom is -0.495 e. The first-order chi connectivity index (χ1) is 13.9. The number of amides is 1. The Morgan fingerprint density at radius 1 is 1.28 bits per heavy atom. The molecule has 29 heavy (non-hydrogen) atoms. The molecule has 1 aromatic rings. The molecule has 0 spiro atoms. The van der Waals surface area contributed by atoms with Gasteiger partial charge >= 0.3 is 0 Å². The molecular weight excluding hydrogens is 400 g/mol. The predicted octanol–water partition coefficient (Wildman–Crippen LogP) is 0.131. The molecule has 0 aliphatic carbocycles. The summed E-state index contributed by atoms with van der Waals surface area (Å²) in [6.45, 7) is 1.85. The van der Waals surface area contributed by atoms with Crippen LogP contribution in [0.5, 0.6) is 5.75 Å².